The minimum atomic E-state index is -0.502. The van der Waals surface area contributed by atoms with E-state index in [4.69, 9.17) is 27.9 Å². The van der Waals surface area contributed by atoms with E-state index >= 15 is 0 Å². The molecule has 0 N–H and O–H groups in total. The van der Waals surface area contributed by atoms with Gasteiger partial charge in [-0.15, -0.1) is 0 Å². The van der Waals surface area contributed by atoms with Gasteiger partial charge < -0.3 is 9.47 Å². The van der Waals surface area contributed by atoms with Crippen molar-refractivity contribution in [3.05, 3.63) is 66.9 Å². The van der Waals surface area contributed by atoms with Crippen molar-refractivity contribution in [2.24, 2.45) is 0 Å². The molecule has 0 aliphatic carbocycles. The minimum Gasteiger partial charge on any atom is -0.481 e. The van der Waals surface area contributed by atoms with Crippen molar-refractivity contribution in [2.45, 2.75) is 6.54 Å². The van der Waals surface area contributed by atoms with Crippen molar-refractivity contribution >= 4 is 74.1 Å². The van der Waals surface area contributed by atoms with Crippen LogP contribution < -0.4 is 4.74 Å². The molecular formula is C20H14BrCl2NO5S. The van der Waals surface area contributed by atoms with Crippen molar-refractivity contribution in [1.29, 1.82) is 0 Å². The molecule has 2 aromatic rings. The number of halogens is 3. The quantitative estimate of drug-likeness (QED) is 0.360. The van der Waals surface area contributed by atoms with Crippen LogP contribution in [0.25, 0.3) is 6.08 Å². The molecule has 1 aliphatic rings. The van der Waals surface area contributed by atoms with Crippen LogP contribution in [-0.4, -0.2) is 35.7 Å². The number of benzene rings is 2. The number of esters is 1. The van der Waals surface area contributed by atoms with Crippen LogP contribution in [0.4, 0.5) is 4.79 Å². The number of carbonyl (C=O) groups is 3. The summed E-state index contributed by atoms with van der Waals surface area (Å²) >= 11 is 16.5. The van der Waals surface area contributed by atoms with Gasteiger partial charge in [-0.05, 0) is 63.6 Å². The van der Waals surface area contributed by atoms with Gasteiger partial charge >= 0.3 is 5.97 Å². The topological polar surface area (TPSA) is 72.9 Å². The predicted octanol–water partition coefficient (Wildman–Crippen LogP) is 5.54. The third-order valence-electron chi connectivity index (χ3n) is 4.08. The number of methoxy groups -OCH3 is 1. The lowest BCUT2D eigenvalue weighted by Crippen LogP contribution is -2.27. The second kappa shape index (κ2) is 9.87. The molecule has 3 rings (SSSR count). The van der Waals surface area contributed by atoms with Crippen LogP contribution in [0.1, 0.15) is 11.1 Å². The molecule has 0 radical (unpaired) electrons. The number of hydrogen-bond acceptors (Lipinski definition) is 6. The van der Waals surface area contributed by atoms with Gasteiger partial charge in [-0.25, -0.2) is 4.79 Å². The molecule has 1 fully saturated rings. The van der Waals surface area contributed by atoms with Crippen LogP contribution in [0.2, 0.25) is 10.0 Å². The standard InChI is InChI=1S/C20H14BrCl2NO5S/c1-28-18(25)10-29-16-6-5-11(7-13(16)21)8-17-19(26)24(20(27)30-17)9-12-14(22)3-2-4-15(12)23/h2-8H,9-10H2,1H3/b17-8-. The number of amides is 2. The summed E-state index contributed by atoms with van der Waals surface area (Å²) in [6.07, 6.45) is 1.61. The molecule has 2 aromatic carbocycles. The summed E-state index contributed by atoms with van der Waals surface area (Å²) < 4.78 is 10.5. The molecule has 156 valence electrons. The van der Waals surface area contributed by atoms with E-state index in [-0.39, 0.29) is 18.1 Å². The first-order valence-corrected chi connectivity index (χ1v) is 10.8. The predicted molar refractivity (Wildman–Crippen MR) is 120 cm³/mol. The van der Waals surface area contributed by atoms with Gasteiger partial charge in [-0.3, -0.25) is 14.5 Å². The summed E-state index contributed by atoms with van der Waals surface area (Å²) in [5.41, 5.74) is 1.19. The van der Waals surface area contributed by atoms with E-state index in [0.29, 0.717) is 31.4 Å². The van der Waals surface area contributed by atoms with Crippen molar-refractivity contribution in [2.75, 3.05) is 13.7 Å². The Morgan fingerprint density at radius 2 is 1.90 bits per heavy atom. The zero-order valence-electron chi connectivity index (χ0n) is 15.5. The van der Waals surface area contributed by atoms with Gasteiger partial charge in [0.2, 0.25) is 0 Å². The maximum absolute atomic E-state index is 12.8. The van der Waals surface area contributed by atoms with Crippen LogP contribution in [0.15, 0.2) is 45.8 Å². The third-order valence-corrected chi connectivity index (χ3v) is 6.31. The lowest BCUT2D eigenvalue weighted by molar-refractivity contribution is -0.142. The first-order valence-electron chi connectivity index (χ1n) is 8.47. The van der Waals surface area contributed by atoms with E-state index in [1.807, 2.05) is 0 Å². The van der Waals surface area contributed by atoms with Gasteiger partial charge in [0.1, 0.15) is 5.75 Å². The van der Waals surface area contributed by atoms with E-state index in [2.05, 4.69) is 20.7 Å². The maximum atomic E-state index is 12.8. The van der Waals surface area contributed by atoms with Gasteiger partial charge in [0, 0.05) is 15.6 Å². The highest BCUT2D eigenvalue weighted by Gasteiger charge is 2.35. The number of thioether (sulfide) groups is 1. The summed E-state index contributed by atoms with van der Waals surface area (Å²) in [5.74, 6) is -0.486. The number of carbonyl (C=O) groups excluding carboxylic acids is 3. The van der Waals surface area contributed by atoms with E-state index in [1.165, 1.54) is 7.11 Å². The molecule has 1 saturated heterocycles. The van der Waals surface area contributed by atoms with Crippen molar-refractivity contribution in [3.63, 3.8) is 0 Å². The SMILES string of the molecule is COC(=O)COc1ccc(/C=C2\SC(=O)N(Cc3c(Cl)cccc3Cl)C2=O)cc1Br. The molecule has 0 aromatic heterocycles. The third kappa shape index (κ3) is 5.18. The van der Waals surface area contributed by atoms with Crippen molar-refractivity contribution in [1.82, 2.24) is 4.90 Å². The second-order valence-corrected chi connectivity index (χ2v) is 8.68. The molecule has 0 saturated carbocycles. The smallest absolute Gasteiger partial charge is 0.343 e. The average Bonchev–Trinajstić information content (AvgIpc) is 2.97. The first kappa shape index (κ1) is 22.7. The second-order valence-electron chi connectivity index (χ2n) is 6.02. The maximum Gasteiger partial charge on any atom is 0.343 e. The highest BCUT2D eigenvalue weighted by molar-refractivity contribution is 9.10. The van der Waals surface area contributed by atoms with Gasteiger partial charge in [-0.2, -0.15) is 0 Å². The number of ether oxygens (including phenoxy) is 2. The fraction of sp³-hybridized carbons (Fsp3) is 0.150. The summed E-state index contributed by atoms with van der Waals surface area (Å²) in [7, 11) is 1.27. The fourth-order valence-electron chi connectivity index (χ4n) is 2.55. The lowest BCUT2D eigenvalue weighted by atomic mass is 10.2. The normalized spacial score (nSPS) is 15.1. The molecule has 2 amide bonds. The molecule has 0 atom stereocenters. The summed E-state index contributed by atoms with van der Waals surface area (Å²) in [6.45, 7) is -0.234. The molecular weight excluding hydrogens is 517 g/mol. The van der Waals surface area contributed by atoms with Gasteiger partial charge in [-0.1, -0.05) is 35.3 Å². The minimum absolute atomic E-state index is 0.00941. The average molecular weight is 531 g/mol. The van der Waals surface area contributed by atoms with Crippen LogP contribution in [0, 0.1) is 0 Å². The highest BCUT2D eigenvalue weighted by atomic mass is 79.9. The Morgan fingerprint density at radius 1 is 1.20 bits per heavy atom. The number of nitrogens with zero attached hydrogens (tertiary/aromatic N) is 1. The van der Waals surface area contributed by atoms with E-state index in [9.17, 15) is 14.4 Å². The Morgan fingerprint density at radius 3 is 2.53 bits per heavy atom. The number of rotatable bonds is 6. The Kier molecular flexibility index (Phi) is 7.46. The van der Waals surface area contributed by atoms with Crippen LogP contribution in [0.5, 0.6) is 5.75 Å². The molecule has 1 heterocycles. The van der Waals surface area contributed by atoms with Crippen molar-refractivity contribution < 1.29 is 23.9 Å². The van der Waals surface area contributed by atoms with Gasteiger partial charge in [0.25, 0.3) is 11.1 Å². The van der Waals surface area contributed by atoms with Gasteiger partial charge in [0.05, 0.1) is 23.0 Å². The molecule has 0 unspecified atom stereocenters. The molecule has 6 nitrogen and oxygen atoms in total. The largest absolute Gasteiger partial charge is 0.481 e. The molecule has 1 aliphatic heterocycles. The molecule has 30 heavy (non-hydrogen) atoms. The number of hydrogen-bond donors (Lipinski definition) is 0. The zero-order chi connectivity index (χ0) is 21.8. The monoisotopic (exact) mass is 529 g/mol. The summed E-state index contributed by atoms with van der Waals surface area (Å²) in [5, 5.41) is 0.369. The lowest BCUT2D eigenvalue weighted by Gasteiger charge is -2.14. The Bertz CT molecular complexity index is 1040. The molecule has 0 spiro atoms. The van der Waals surface area contributed by atoms with E-state index < -0.39 is 17.1 Å². The summed E-state index contributed by atoms with van der Waals surface area (Å²) in [6, 6.07) is 10.1. The van der Waals surface area contributed by atoms with E-state index in [0.717, 1.165) is 16.7 Å². The van der Waals surface area contributed by atoms with Crippen LogP contribution in [-0.2, 0) is 20.9 Å². The summed E-state index contributed by atoms with van der Waals surface area (Å²) in [4.78, 5) is 37.7. The fourth-order valence-corrected chi connectivity index (χ4v) is 4.41. The zero-order valence-corrected chi connectivity index (χ0v) is 19.4. The Balaban J connectivity index is 1.77. The first-order chi connectivity index (χ1) is 14.3. The number of imide groups is 1. The van der Waals surface area contributed by atoms with Crippen molar-refractivity contribution in [3.8, 4) is 5.75 Å². The Hall–Kier alpha value is -2.00. The molecule has 0 bridgehead atoms. The molecule has 10 heteroatoms. The van der Waals surface area contributed by atoms with Crippen LogP contribution in [0.3, 0.4) is 0 Å². The highest BCUT2D eigenvalue weighted by Crippen LogP contribution is 2.36. The van der Waals surface area contributed by atoms with Gasteiger partial charge in [0.15, 0.2) is 6.61 Å². The Labute approximate surface area is 195 Å². The van der Waals surface area contributed by atoms with Crippen LogP contribution >= 0.6 is 50.9 Å². The van der Waals surface area contributed by atoms with E-state index in [1.54, 1.807) is 42.5 Å².